The van der Waals surface area contributed by atoms with E-state index in [2.05, 4.69) is 26.0 Å². The fourth-order valence-corrected chi connectivity index (χ4v) is 3.39. The number of unbranched alkanes of at least 4 members (excludes halogenated alkanes) is 4. The number of carbonyl (C=O) groups is 1. The molecule has 0 amide bonds. The summed E-state index contributed by atoms with van der Waals surface area (Å²) in [5, 5.41) is 0. The molecule has 0 aliphatic carbocycles. The molecular formula is C26H36O3. The maximum atomic E-state index is 12.2. The molecule has 1 atom stereocenters. The van der Waals surface area contributed by atoms with Crippen molar-refractivity contribution in [2.75, 3.05) is 6.61 Å². The fourth-order valence-electron chi connectivity index (χ4n) is 3.39. The minimum Gasteiger partial charge on any atom is -0.494 e. The van der Waals surface area contributed by atoms with Crippen LogP contribution >= 0.6 is 0 Å². The average molecular weight is 397 g/mol. The lowest BCUT2D eigenvalue weighted by molar-refractivity contribution is -0.139. The highest BCUT2D eigenvalue weighted by Crippen LogP contribution is 2.25. The lowest BCUT2D eigenvalue weighted by Gasteiger charge is -2.13. The number of hydrogen-bond acceptors (Lipinski definition) is 3. The normalized spacial score (nSPS) is 11.8. The summed E-state index contributed by atoms with van der Waals surface area (Å²) in [4.78, 5) is 12.2. The highest BCUT2D eigenvalue weighted by molar-refractivity contribution is 5.75. The predicted molar refractivity (Wildman–Crippen MR) is 120 cm³/mol. The van der Waals surface area contributed by atoms with E-state index in [1.165, 1.54) is 25.7 Å². The van der Waals surface area contributed by atoms with Crippen LogP contribution in [-0.2, 0) is 4.79 Å². The van der Waals surface area contributed by atoms with E-state index in [1.54, 1.807) is 0 Å². The first-order valence-corrected chi connectivity index (χ1v) is 11.2. The van der Waals surface area contributed by atoms with Gasteiger partial charge < -0.3 is 9.47 Å². The lowest BCUT2D eigenvalue weighted by atomic mass is 10.0. The first-order chi connectivity index (χ1) is 14.2. The Morgan fingerprint density at radius 3 is 1.90 bits per heavy atom. The Bertz CT molecular complexity index is 704. The van der Waals surface area contributed by atoms with Crippen LogP contribution < -0.4 is 9.47 Å². The number of hydrogen-bond donors (Lipinski definition) is 0. The summed E-state index contributed by atoms with van der Waals surface area (Å²) in [5.74, 6) is 1.38. The number of rotatable bonds is 13. The van der Waals surface area contributed by atoms with Crippen molar-refractivity contribution in [3.63, 3.8) is 0 Å². The van der Waals surface area contributed by atoms with E-state index in [9.17, 15) is 4.79 Å². The third kappa shape index (κ3) is 7.92. The van der Waals surface area contributed by atoms with Gasteiger partial charge in [-0.05, 0) is 54.7 Å². The average Bonchev–Trinajstić information content (AvgIpc) is 2.75. The van der Waals surface area contributed by atoms with Gasteiger partial charge in [0.15, 0.2) is 0 Å². The molecule has 3 heteroatoms. The molecule has 0 radical (unpaired) electrons. The molecule has 0 N–H and O–H groups in total. The molecule has 3 nitrogen and oxygen atoms in total. The number of esters is 1. The number of ether oxygens (including phenoxy) is 2. The molecule has 0 aromatic heterocycles. The number of carbonyl (C=O) groups excluding carboxylic acids is 1. The quantitative estimate of drug-likeness (QED) is 0.200. The molecule has 0 bridgehead atoms. The molecule has 0 aliphatic heterocycles. The molecule has 0 spiro atoms. The van der Waals surface area contributed by atoms with Crippen molar-refractivity contribution < 1.29 is 14.3 Å². The molecule has 2 rings (SSSR count). The van der Waals surface area contributed by atoms with Crippen molar-refractivity contribution >= 4 is 5.97 Å². The van der Waals surface area contributed by atoms with Crippen LogP contribution in [0.3, 0.4) is 0 Å². The van der Waals surface area contributed by atoms with Crippen LogP contribution in [0.15, 0.2) is 48.5 Å². The summed E-state index contributed by atoms with van der Waals surface area (Å²) in [6.45, 7) is 7.13. The van der Waals surface area contributed by atoms with Gasteiger partial charge in [0.05, 0.1) is 12.5 Å². The summed E-state index contributed by atoms with van der Waals surface area (Å²) >= 11 is 0. The van der Waals surface area contributed by atoms with Crippen molar-refractivity contribution in [1.82, 2.24) is 0 Å². The zero-order valence-corrected chi connectivity index (χ0v) is 18.3. The summed E-state index contributed by atoms with van der Waals surface area (Å²) in [6.07, 6.45) is 8.90. The van der Waals surface area contributed by atoms with Crippen molar-refractivity contribution in [3.8, 4) is 22.6 Å². The number of benzene rings is 2. The van der Waals surface area contributed by atoms with Crippen LogP contribution in [0.4, 0.5) is 0 Å². The van der Waals surface area contributed by atoms with E-state index < -0.39 is 0 Å². The van der Waals surface area contributed by atoms with E-state index in [0.29, 0.717) is 5.75 Å². The highest BCUT2D eigenvalue weighted by atomic mass is 16.5. The van der Waals surface area contributed by atoms with Gasteiger partial charge in [-0.3, -0.25) is 4.79 Å². The Balaban J connectivity index is 1.85. The lowest BCUT2D eigenvalue weighted by Crippen LogP contribution is -2.19. The maximum Gasteiger partial charge on any atom is 0.314 e. The van der Waals surface area contributed by atoms with Crippen LogP contribution in [0.1, 0.15) is 72.1 Å². The maximum absolute atomic E-state index is 12.2. The van der Waals surface area contributed by atoms with Crippen LogP contribution in [0.5, 0.6) is 11.5 Å². The molecule has 29 heavy (non-hydrogen) atoms. The molecule has 158 valence electrons. The van der Waals surface area contributed by atoms with E-state index in [-0.39, 0.29) is 11.9 Å². The zero-order valence-electron chi connectivity index (χ0n) is 18.3. The second-order valence-corrected chi connectivity index (χ2v) is 7.63. The Kier molecular flexibility index (Phi) is 10.3. The molecule has 2 aromatic carbocycles. The Morgan fingerprint density at radius 2 is 1.34 bits per heavy atom. The molecule has 0 saturated carbocycles. The highest BCUT2D eigenvalue weighted by Gasteiger charge is 2.17. The van der Waals surface area contributed by atoms with Crippen molar-refractivity contribution in [3.05, 3.63) is 48.5 Å². The van der Waals surface area contributed by atoms with Crippen molar-refractivity contribution in [1.29, 1.82) is 0 Å². The predicted octanol–water partition coefficient (Wildman–Crippen LogP) is 7.43. The van der Waals surface area contributed by atoms with Crippen LogP contribution in [0.2, 0.25) is 0 Å². The van der Waals surface area contributed by atoms with Crippen molar-refractivity contribution in [2.45, 2.75) is 72.1 Å². The van der Waals surface area contributed by atoms with E-state index in [0.717, 1.165) is 49.2 Å². The minimum atomic E-state index is -0.127. The Morgan fingerprint density at radius 1 is 0.759 bits per heavy atom. The van der Waals surface area contributed by atoms with Crippen LogP contribution in [-0.4, -0.2) is 12.6 Å². The molecular weight excluding hydrogens is 360 g/mol. The molecule has 0 aliphatic rings. The minimum absolute atomic E-state index is 0.0149. The fraction of sp³-hybridized carbons (Fsp3) is 0.500. The van der Waals surface area contributed by atoms with E-state index >= 15 is 0 Å². The molecule has 2 aromatic rings. The van der Waals surface area contributed by atoms with Gasteiger partial charge in [-0.2, -0.15) is 0 Å². The van der Waals surface area contributed by atoms with E-state index in [1.807, 2.05) is 43.3 Å². The Hall–Kier alpha value is -2.29. The summed E-state index contributed by atoms with van der Waals surface area (Å²) in [7, 11) is 0. The SMILES string of the molecule is CCCCCCCOc1ccc(-c2ccc(OC(=O)C(CC)CCC)cc2)cc1. The van der Waals surface area contributed by atoms with Gasteiger partial charge in [-0.1, -0.05) is 77.1 Å². The van der Waals surface area contributed by atoms with Gasteiger partial charge >= 0.3 is 5.97 Å². The first-order valence-electron chi connectivity index (χ1n) is 11.2. The molecule has 1 unspecified atom stereocenters. The largest absolute Gasteiger partial charge is 0.494 e. The summed E-state index contributed by atoms with van der Waals surface area (Å²) in [6, 6.07) is 15.9. The molecule has 0 heterocycles. The third-order valence-electron chi connectivity index (χ3n) is 5.24. The zero-order chi connectivity index (χ0) is 20.9. The standard InChI is InChI=1S/C26H36O3/c1-4-7-8-9-10-20-28-24-16-12-22(13-17-24)23-14-18-25(19-15-23)29-26(27)21(6-3)11-5-2/h12-19,21H,4-11,20H2,1-3H3. The third-order valence-corrected chi connectivity index (χ3v) is 5.24. The Labute approximate surface area is 176 Å². The van der Waals surface area contributed by atoms with Gasteiger partial charge in [-0.15, -0.1) is 0 Å². The molecule has 0 fully saturated rings. The van der Waals surface area contributed by atoms with E-state index in [4.69, 9.17) is 9.47 Å². The van der Waals surface area contributed by atoms with Gasteiger partial charge in [0.1, 0.15) is 11.5 Å². The van der Waals surface area contributed by atoms with Crippen LogP contribution in [0.25, 0.3) is 11.1 Å². The van der Waals surface area contributed by atoms with Crippen LogP contribution in [0, 0.1) is 5.92 Å². The molecule has 0 saturated heterocycles. The van der Waals surface area contributed by atoms with Gasteiger partial charge in [0, 0.05) is 0 Å². The van der Waals surface area contributed by atoms with Crippen molar-refractivity contribution in [2.24, 2.45) is 5.92 Å². The smallest absolute Gasteiger partial charge is 0.314 e. The summed E-state index contributed by atoms with van der Waals surface area (Å²) in [5.41, 5.74) is 2.21. The van der Waals surface area contributed by atoms with Gasteiger partial charge in [0.2, 0.25) is 0 Å². The summed E-state index contributed by atoms with van der Waals surface area (Å²) < 4.78 is 11.4. The topological polar surface area (TPSA) is 35.5 Å². The monoisotopic (exact) mass is 396 g/mol. The van der Waals surface area contributed by atoms with Gasteiger partial charge in [-0.25, -0.2) is 0 Å². The first kappa shape index (κ1) is 23.0. The van der Waals surface area contributed by atoms with Gasteiger partial charge in [0.25, 0.3) is 0 Å². The second kappa shape index (κ2) is 13.0. The second-order valence-electron chi connectivity index (χ2n) is 7.63.